The summed E-state index contributed by atoms with van der Waals surface area (Å²) >= 11 is 0. The van der Waals surface area contributed by atoms with Crippen LogP contribution in [0, 0.1) is 0 Å². The average molecular weight is 384 g/mol. The Bertz CT molecular complexity index is 798. The second kappa shape index (κ2) is 8.73. The molecule has 0 aliphatic carbocycles. The first kappa shape index (κ1) is 20.3. The van der Waals surface area contributed by atoms with Crippen LogP contribution in [0.5, 0.6) is 5.75 Å². The Kier molecular flexibility index (Phi) is 6.34. The Hall–Kier alpha value is -2.41. The standard InChI is InChI=1S/C22H28N2O4/c1-23(14-18-10-6-7-11-19(18)28-2)15-22(27)16-24(13-12-20(22)25)21(26)17-8-4-3-5-9-17/h3-11,20,25,27H,12-16H2,1-2H3/t20-,22+/m0/s1. The molecule has 28 heavy (non-hydrogen) atoms. The highest BCUT2D eigenvalue weighted by atomic mass is 16.5. The fourth-order valence-corrected chi connectivity index (χ4v) is 3.80. The van der Waals surface area contributed by atoms with E-state index < -0.39 is 11.7 Å². The number of β-amino-alcohol motifs (C(OH)–C–C–N with tert-alkyl or cyclic N) is 1. The van der Waals surface area contributed by atoms with Gasteiger partial charge in [-0.05, 0) is 31.7 Å². The van der Waals surface area contributed by atoms with E-state index in [0.29, 0.717) is 25.1 Å². The number of amides is 1. The summed E-state index contributed by atoms with van der Waals surface area (Å²) in [5.74, 6) is 0.657. The highest BCUT2D eigenvalue weighted by Crippen LogP contribution is 2.26. The number of methoxy groups -OCH3 is 1. The summed E-state index contributed by atoms with van der Waals surface area (Å²) in [6, 6.07) is 16.7. The van der Waals surface area contributed by atoms with Crippen molar-refractivity contribution in [2.24, 2.45) is 0 Å². The van der Waals surface area contributed by atoms with E-state index in [4.69, 9.17) is 4.74 Å². The van der Waals surface area contributed by atoms with Crippen molar-refractivity contribution in [3.8, 4) is 5.75 Å². The number of hydrogen-bond donors (Lipinski definition) is 2. The van der Waals surface area contributed by atoms with Gasteiger partial charge in [-0.1, -0.05) is 36.4 Å². The second-order valence-corrected chi connectivity index (χ2v) is 7.48. The molecule has 3 rings (SSSR count). The molecule has 0 spiro atoms. The first-order valence-electron chi connectivity index (χ1n) is 9.48. The molecule has 2 aromatic rings. The second-order valence-electron chi connectivity index (χ2n) is 7.48. The van der Waals surface area contributed by atoms with E-state index in [0.717, 1.165) is 11.3 Å². The Morgan fingerprint density at radius 2 is 1.89 bits per heavy atom. The van der Waals surface area contributed by atoms with E-state index in [2.05, 4.69) is 0 Å². The summed E-state index contributed by atoms with van der Waals surface area (Å²) in [5, 5.41) is 21.6. The minimum Gasteiger partial charge on any atom is -0.496 e. The van der Waals surface area contributed by atoms with Gasteiger partial charge < -0.3 is 19.8 Å². The SMILES string of the molecule is COc1ccccc1CN(C)C[C@@]1(O)CN(C(=O)c2ccccc2)CC[C@@H]1O. The lowest BCUT2D eigenvalue weighted by atomic mass is 9.88. The number of aliphatic hydroxyl groups excluding tert-OH is 1. The van der Waals surface area contributed by atoms with Crippen molar-refractivity contribution in [3.63, 3.8) is 0 Å². The van der Waals surface area contributed by atoms with Crippen LogP contribution in [-0.2, 0) is 6.54 Å². The third-order valence-corrected chi connectivity index (χ3v) is 5.24. The molecule has 1 fully saturated rings. The lowest BCUT2D eigenvalue weighted by Crippen LogP contribution is -2.62. The number of ether oxygens (including phenoxy) is 1. The maximum absolute atomic E-state index is 12.8. The van der Waals surface area contributed by atoms with E-state index in [-0.39, 0.29) is 19.0 Å². The van der Waals surface area contributed by atoms with Gasteiger partial charge in [0.2, 0.25) is 0 Å². The van der Waals surface area contributed by atoms with Crippen LogP contribution in [0.15, 0.2) is 54.6 Å². The zero-order valence-electron chi connectivity index (χ0n) is 16.4. The molecular formula is C22H28N2O4. The van der Waals surface area contributed by atoms with E-state index >= 15 is 0 Å². The van der Waals surface area contributed by atoms with E-state index in [9.17, 15) is 15.0 Å². The number of hydrogen-bond acceptors (Lipinski definition) is 5. The van der Waals surface area contributed by atoms with Gasteiger partial charge in [0, 0.05) is 30.8 Å². The fraction of sp³-hybridized carbons (Fsp3) is 0.409. The van der Waals surface area contributed by atoms with Gasteiger partial charge in [-0.15, -0.1) is 0 Å². The highest BCUT2D eigenvalue weighted by Gasteiger charge is 2.43. The van der Waals surface area contributed by atoms with E-state index in [1.54, 1.807) is 24.1 Å². The zero-order valence-corrected chi connectivity index (χ0v) is 16.4. The molecule has 1 aliphatic heterocycles. The number of carbonyl (C=O) groups is 1. The summed E-state index contributed by atoms with van der Waals surface area (Å²) < 4.78 is 5.39. The molecule has 2 N–H and O–H groups in total. The number of carbonyl (C=O) groups excluding carboxylic acids is 1. The largest absolute Gasteiger partial charge is 0.496 e. The molecule has 1 saturated heterocycles. The number of likely N-dealkylation sites (N-methyl/N-ethyl adjacent to an activating group) is 1. The lowest BCUT2D eigenvalue weighted by molar-refractivity contribution is -0.125. The van der Waals surface area contributed by atoms with Crippen LogP contribution in [0.4, 0.5) is 0 Å². The molecule has 2 atom stereocenters. The van der Waals surface area contributed by atoms with Crippen LogP contribution in [0.1, 0.15) is 22.3 Å². The van der Waals surface area contributed by atoms with Gasteiger partial charge in [0.15, 0.2) is 0 Å². The predicted molar refractivity (Wildman–Crippen MR) is 107 cm³/mol. The normalized spacial score (nSPS) is 22.3. The number of nitrogens with zero attached hydrogens (tertiary/aromatic N) is 2. The number of aliphatic hydroxyl groups is 2. The molecule has 1 amide bonds. The Balaban J connectivity index is 1.69. The Morgan fingerprint density at radius 3 is 2.61 bits per heavy atom. The fourth-order valence-electron chi connectivity index (χ4n) is 3.80. The zero-order chi connectivity index (χ0) is 20.1. The van der Waals surface area contributed by atoms with Crippen LogP contribution >= 0.6 is 0 Å². The third-order valence-electron chi connectivity index (χ3n) is 5.24. The molecule has 6 nitrogen and oxygen atoms in total. The molecule has 0 radical (unpaired) electrons. The minimum absolute atomic E-state index is 0.0954. The van der Waals surface area contributed by atoms with Crippen LogP contribution in [-0.4, -0.2) is 71.4 Å². The summed E-state index contributed by atoms with van der Waals surface area (Å²) in [6.07, 6.45) is -0.537. The summed E-state index contributed by atoms with van der Waals surface area (Å²) in [5.41, 5.74) is 0.196. The molecule has 0 aromatic heterocycles. The van der Waals surface area contributed by atoms with Gasteiger partial charge in [-0.25, -0.2) is 0 Å². The van der Waals surface area contributed by atoms with Crippen molar-refractivity contribution < 1.29 is 19.7 Å². The molecule has 6 heteroatoms. The van der Waals surface area contributed by atoms with Crippen molar-refractivity contribution in [1.82, 2.24) is 9.80 Å². The van der Waals surface area contributed by atoms with Gasteiger partial charge in [0.05, 0.1) is 19.8 Å². The molecule has 150 valence electrons. The molecule has 0 unspecified atom stereocenters. The van der Waals surface area contributed by atoms with Gasteiger partial charge in [0.25, 0.3) is 5.91 Å². The van der Waals surface area contributed by atoms with Crippen molar-refractivity contribution >= 4 is 5.91 Å². The minimum atomic E-state index is -1.39. The van der Waals surface area contributed by atoms with Crippen LogP contribution in [0.2, 0.25) is 0 Å². The molecule has 2 aromatic carbocycles. The Labute approximate surface area is 166 Å². The summed E-state index contributed by atoms with van der Waals surface area (Å²) in [6.45, 7) is 1.32. The maximum Gasteiger partial charge on any atom is 0.253 e. The topological polar surface area (TPSA) is 73.2 Å². The quantitative estimate of drug-likeness (QED) is 0.794. The summed E-state index contributed by atoms with van der Waals surface area (Å²) in [7, 11) is 3.51. The maximum atomic E-state index is 12.8. The van der Waals surface area contributed by atoms with Gasteiger partial charge in [0.1, 0.15) is 11.4 Å². The van der Waals surface area contributed by atoms with Crippen molar-refractivity contribution in [2.45, 2.75) is 24.7 Å². The third kappa shape index (κ3) is 4.52. The smallest absolute Gasteiger partial charge is 0.253 e. The molecule has 1 heterocycles. The van der Waals surface area contributed by atoms with Crippen LogP contribution in [0.3, 0.4) is 0 Å². The molecular weight excluding hydrogens is 356 g/mol. The van der Waals surface area contributed by atoms with Gasteiger partial charge in [-0.2, -0.15) is 0 Å². The van der Waals surface area contributed by atoms with E-state index in [1.807, 2.05) is 54.4 Å². The average Bonchev–Trinajstić information content (AvgIpc) is 2.70. The first-order valence-corrected chi connectivity index (χ1v) is 9.48. The van der Waals surface area contributed by atoms with Gasteiger partial charge in [-0.3, -0.25) is 9.69 Å². The lowest BCUT2D eigenvalue weighted by Gasteiger charge is -2.44. The van der Waals surface area contributed by atoms with Gasteiger partial charge >= 0.3 is 0 Å². The van der Waals surface area contributed by atoms with Crippen LogP contribution in [0.25, 0.3) is 0 Å². The molecule has 0 saturated carbocycles. The number of likely N-dealkylation sites (tertiary alicyclic amines) is 1. The number of benzene rings is 2. The number of rotatable bonds is 6. The van der Waals surface area contributed by atoms with E-state index in [1.165, 1.54) is 0 Å². The van der Waals surface area contributed by atoms with Crippen molar-refractivity contribution in [2.75, 3.05) is 33.8 Å². The number of para-hydroxylation sites is 1. The van der Waals surface area contributed by atoms with Crippen molar-refractivity contribution in [3.05, 3.63) is 65.7 Å². The monoisotopic (exact) mass is 384 g/mol. The predicted octanol–water partition coefficient (Wildman–Crippen LogP) is 1.77. The first-order chi connectivity index (χ1) is 13.4. The summed E-state index contributed by atoms with van der Waals surface area (Å²) in [4.78, 5) is 16.3. The van der Waals surface area contributed by atoms with Crippen molar-refractivity contribution in [1.29, 1.82) is 0 Å². The number of piperidine rings is 1. The molecule has 0 bridgehead atoms. The Morgan fingerprint density at radius 1 is 1.21 bits per heavy atom. The highest BCUT2D eigenvalue weighted by molar-refractivity contribution is 5.94. The molecule has 1 aliphatic rings. The van der Waals surface area contributed by atoms with Crippen LogP contribution < -0.4 is 4.74 Å².